The molecule has 3 N–H and O–H groups in total. The van der Waals surface area contributed by atoms with Crippen molar-refractivity contribution in [3.05, 3.63) is 84.4 Å². The fraction of sp³-hybridized carbons (Fsp3) is 0.269. The molecule has 1 aliphatic heterocycles. The first kappa shape index (κ1) is 21.9. The Hall–Kier alpha value is -3.91. The van der Waals surface area contributed by atoms with E-state index in [1.54, 1.807) is 11.8 Å². The zero-order chi connectivity index (χ0) is 23.3. The fourth-order valence-electron chi connectivity index (χ4n) is 4.29. The molecule has 2 atom stereocenters. The minimum atomic E-state index is 0.118. The van der Waals surface area contributed by atoms with Crippen molar-refractivity contribution in [2.75, 3.05) is 30.8 Å². The molecule has 0 radical (unpaired) electrons. The Kier molecular flexibility index (Phi) is 6.40. The van der Waals surface area contributed by atoms with E-state index in [1.165, 1.54) is 11.1 Å². The van der Waals surface area contributed by atoms with Crippen LogP contribution in [0.3, 0.4) is 0 Å². The highest BCUT2D eigenvalue weighted by atomic mass is 16.5. The number of nitrogens with one attached hydrogen (secondary N) is 3. The van der Waals surface area contributed by atoms with Gasteiger partial charge >= 0.3 is 0 Å². The van der Waals surface area contributed by atoms with Gasteiger partial charge in [0, 0.05) is 49.4 Å². The maximum atomic E-state index is 5.16. The van der Waals surface area contributed by atoms with Crippen molar-refractivity contribution in [1.82, 2.24) is 25.1 Å². The van der Waals surface area contributed by atoms with Gasteiger partial charge in [-0.15, -0.1) is 0 Å². The van der Waals surface area contributed by atoms with Crippen LogP contribution in [0.4, 0.5) is 11.5 Å². The van der Waals surface area contributed by atoms with Gasteiger partial charge in [0.05, 0.1) is 31.1 Å². The zero-order valence-corrected chi connectivity index (χ0v) is 19.4. The molecule has 0 spiro atoms. The summed E-state index contributed by atoms with van der Waals surface area (Å²) in [6.07, 6.45) is 8.50. The lowest BCUT2D eigenvalue weighted by Gasteiger charge is -2.34. The second-order valence-corrected chi connectivity index (χ2v) is 8.46. The standard InChI is InChI=1S/C26H29N7O/c1-33-17-21(15-31-33)20-12-22-26(30-14-20)32-23(16-28-22)25(19-6-4-3-5-7-19)27-11-10-18-8-9-24(34-2)29-13-18/h3-9,12-15,17,23,25,27-28H,10-11,16H2,1-2H3,(H,30,32)/t23-,25-/m1/s1. The van der Waals surface area contributed by atoms with Gasteiger partial charge in [-0.25, -0.2) is 9.97 Å². The molecule has 0 aliphatic carbocycles. The first-order valence-electron chi connectivity index (χ1n) is 11.5. The molecule has 34 heavy (non-hydrogen) atoms. The molecule has 1 aliphatic rings. The van der Waals surface area contributed by atoms with Crippen LogP contribution in [-0.4, -0.2) is 46.0 Å². The summed E-state index contributed by atoms with van der Waals surface area (Å²) in [5.74, 6) is 1.50. The Bertz CT molecular complexity index is 1220. The second-order valence-electron chi connectivity index (χ2n) is 8.46. The number of anilines is 2. The first-order chi connectivity index (χ1) is 16.7. The molecule has 0 fully saturated rings. The SMILES string of the molecule is COc1ccc(CCN[C@H](c2ccccc2)[C@H]2CNc3cc(-c4cnn(C)c4)cnc3N2)cn1. The van der Waals surface area contributed by atoms with E-state index in [-0.39, 0.29) is 12.1 Å². The van der Waals surface area contributed by atoms with Gasteiger partial charge < -0.3 is 20.7 Å². The minimum Gasteiger partial charge on any atom is -0.481 e. The number of ether oxygens (including phenoxy) is 1. The van der Waals surface area contributed by atoms with Crippen LogP contribution in [0, 0.1) is 0 Å². The summed E-state index contributed by atoms with van der Waals surface area (Å²) in [6.45, 7) is 1.60. The van der Waals surface area contributed by atoms with E-state index in [2.05, 4.69) is 62.4 Å². The van der Waals surface area contributed by atoms with E-state index >= 15 is 0 Å². The molecule has 8 heteroatoms. The van der Waals surface area contributed by atoms with Crippen molar-refractivity contribution in [2.24, 2.45) is 7.05 Å². The highest BCUT2D eigenvalue weighted by Crippen LogP contribution is 2.32. The maximum absolute atomic E-state index is 5.16. The number of pyridine rings is 2. The molecule has 174 valence electrons. The number of hydrogen-bond acceptors (Lipinski definition) is 7. The zero-order valence-electron chi connectivity index (χ0n) is 19.4. The lowest BCUT2D eigenvalue weighted by Crippen LogP contribution is -2.44. The predicted molar refractivity (Wildman–Crippen MR) is 134 cm³/mol. The number of methoxy groups -OCH3 is 1. The number of aryl methyl sites for hydroxylation is 1. The van der Waals surface area contributed by atoms with Crippen molar-refractivity contribution in [2.45, 2.75) is 18.5 Å². The highest BCUT2D eigenvalue weighted by molar-refractivity contribution is 5.75. The van der Waals surface area contributed by atoms with Gasteiger partial charge in [-0.2, -0.15) is 5.10 Å². The van der Waals surface area contributed by atoms with Gasteiger partial charge in [-0.05, 0) is 30.2 Å². The number of benzene rings is 1. The number of rotatable bonds is 8. The molecule has 0 amide bonds. The maximum Gasteiger partial charge on any atom is 0.212 e. The van der Waals surface area contributed by atoms with E-state index in [9.17, 15) is 0 Å². The summed E-state index contributed by atoms with van der Waals surface area (Å²) in [7, 11) is 3.55. The molecule has 0 saturated heterocycles. The summed E-state index contributed by atoms with van der Waals surface area (Å²) in [5.41, 5.74) is 5.52. The first-order valence-corrected chi connectivity index (χ1v) is 11.5. The number of nitrogens with zero attached hydrogens (tertiary/aromatic N) is 4. The second kappa shape index (κ2) is 9.93. The minimum absolute atomic E-state index is 0.118. The lowest BCUT2D eigenvalue weighted by atomic mass is 9.97. The summed E-state index contributed by atoms with van der Waals surface area (Å²) >= 11 is 0. The highest BCUT2D eigenvalue weighted by Gasteiger charge is 2.27. The number of aromatic nitrogens is 4. The van der Waals surface area contributed by atoms with Gasteiger partial charge in [-0.3, -0.25) is 4.68 Å². The molecule has 8 nitrogen and oxygen atoms in total. The van der Waals surface area contributed by atoms with E-state index in [1.807, 2.05) is 44.0 Å². The molecule has 0 bridgehead atoms. The molecule has 4 heterocycles. The van der Waals surface area contributed by atoms with Gasteiger partial charge in [0.1, 0.15) is 5.82 Å². The Morgan fingerprint density at radius 1 is 1.09 bits per heavy atom. The third-order valence-corrected chi connectivity index (χ3v) is 6.11. The van der Waals surface area contributed by atoms with Crippen molar-refractivity contribution >= 4 is 11.5 Å². The topological polar surface area (TPSA) is 88.9 Å². The van der Waals surface area contributed by atoms with Crippen molar-refractivity contribution < 1.29 is 4.74 Å². The summed E-state index contributed by atoms with van der Waals surface area (Å²) < 4.78 is 6.96. The van der Waals surface area contributed by atoms with Crippen LogP contribution in [0.25, 0.3) is 11.1 Å². The number of fused-ring (bicyclic) bond motifs is 1. The lowest BCUT2D eigenvalue weighted by molar-refractivity contribution is 0.397. The van der Waals surface area contributed by atoms with E-state index in [4.69, 9.17) is 9.72 Å². The number of hydrogen-bond donors (Lipinski definition) is 3. The fourth-order valence-corrected chi connectivity index (χ4v) is 4.29. The molecule has 3 aromatic heterocycles. The van der Waals surface area contributed by atoms with Gasteiger partial charge in [0.15, 0.2) is 0 Å². The molecule has 4 aromatic rings. The van der Waals surface area contributed by atoms with Crippen LogP contribution in [0.1, 0.15) is 17.2 Å². The van der Waals surface area contributed by atoms with Gasteiger partial charge in [-0.1, -0.05) is 36.4 Å². The molecule has 1 aromatic carbocycles. The van der Waals surface area contributed by atoms with Gasteiger partial charge in [0.2, 0.25) is 5.88 Å². The van der Waals surface area contributed by atoms with Crippen LogP contribution in [0.15, 0.2) is 73.3 Å². The van der Waals surface area contributed by atoms with Gasteiger partial charge in [0.25, 0.3) is 0 Å². The molecular weight excluding hydrogens is 426 g/mol. The Balaban J connectivity index is 1.30. The third kappa shape index (κ3) is 4.87. The van der Waals surface area contributed by atoms with Crippen LogP contribution in [0.5, 0.6) is 5.88 Å². The van der Waals surface area contributed by atoms with Crippen molar-refractivity contribution in [3.8, 4) is 17.0 Å². The van der Waals surface area contributed by atoms with E-state index in [0.717, 1.165) is 42.1 Å². The summed E-state index contributed by atoms with van der Waals surface area (Å²) in [6, 6.07) is 16.9. The average molecular weight is 456 g/mol. The molecule has 0 unspecified atom stereocenters. The predicted octanol–water partition coefficient (Wildman–Crippen LogP) is 3.67. The molecular formula is C26H29N7O. The monoisotopic (exact) mass is 455 g/mol. The Morgan fingerprint density at radius 2 is 1.97 bits per heavy atom. The Morgan fingerprint density at radius 3 is 2.71 bits per heavy atom. The van der Waals surface area contributed by atoms with E-state index in [0.29, 0.717) is 5.88 Å². The average Bonchev–Trinajstić information content (AvgIpc) is 3.33. The third-order valence-electron chi connectivity index (χ3n) is 6.11. The Labute approximate surface area is 199 Å². The largest absolute Gasteiger partial charge is 0.481 e. The van der Waals surface area contributed by atoms with Crippen molar-refractivity contribution in [1.29, 1.82) is 0 Å². The van der Waals surface area contributed by atoms with Crippen molar-refractivity contribution in [3.63, 3.8) is 0 Å². The van der Waals surface area contributed by atoms with Crippen LogP contribution in [0.2, 0.25) is 0 Å². The quantitative estimate of drug-likeness (QED) is 0.374. The molecule has 5 rings (SSSR count). The summed E-state index contributed by atoms with van der Waals surface area (Å²) in [4.78, 5) is 9.03. The summed E-state index contributed by atoms with van der Waals surface area (Å²) in [5, 5.41) is 15.3. The van der Waals surface area contributed by atoms with Crippen LogP contribution < -0.4 is 20.7 Å². The van der Waals surface area contributed by atoms with E-state index < -0.39 is 0 Å². The molecule has 0 saturated carbocycles. The smallest absolute Gasteiger partial charge is 0.212 e. The normalized spacial score (nSPS) is 15.6. The van der Waals surface area contributed by atoms with Crippen LogP contribution in [-0.2, 0) is 13.5 Å². The van der Waals surface area contributed by atoms with Crippen LogP contribution >= 0.6 is 0 Å².